The van der Waals surface area contributed by atoms with Gasteiger partial charge in [0.25, 0.3) is 0 Å². The first-order chi connectivity index (χ1) is 18.4. The summed E-state index contributed by atoms with van der Waals surface area (Å²) in [6.07, 6.45) is 15.8. The van der Waals surface area contributed by atoms with Crippen LogP contribution in [-0.4, -0.2) is 6.61 Å². The van der Waals surface area contributed by atoms with E-state index < -0.39 is 23.3 Å². The Labute approximate surface area is 225 Å². The molecule has 0 aliphatic heterocycles. The highest BCUT2D eigenvalue weighted by atomic mass is 19.2. The molecule has 0 unspecified atom stereocenters. The summed E-state index contributed by atoms with van der Waals surface area (Å²) in [5, 5.41) is 0. The SMILES string of the molecule is CCCCCC1CCC(c2ccc(/C=C/C3CCC(c4ccc(OCC)c(F)c4F)CC3)c(F)c2F)CC1. The molecule has 0 amide bonds. The number of hydrogen-bond donors (Lipinski definition) is 0. The molecule has 0 N–H and O–H groups in total. The Balaban J connectivity index is 1.32. The molecule has 0 heterocycles. The Hall–Kier alpha value is -2.30. The molecular weight excluding hydrogens is 488 g/mol. The molecule has 2 aliphatic rings. The smallest absolute Gasteiger partial charge is 0.200 e. The maximum absolute atomic E-state index is 15.1. The second-order valence-electron chi connectivity index (χ2n) is 11.3. The summed E-state index contributed by atoms with van der Waals surface area (Å²) in [6.45, 7) is 4.23. The first kappa shape index (κ1) is 28.7. The minimum atomic E-state index is -0.924. The summed E-state index contributed by atoms with van der Waals surface area (Å²) in [5.74, 6) is -2.28. The molecular formula is C33H42F4O. The van der Waals surface area contributed by atoms with Crippen LogP contribution in [0.4, 0.5) is 17.6 Å². The molecule has 0 bridgehead atoms. The molecule has 1 nitrogen and oxygen atoms in total. The lowest BCUT2D eigenvalue weighted by Gasteiger charge is -2.29. The lowest BCUT2D eigenvalue weighted by molar-refractivity contribution is 0.298. The van der Waals surface area contributed by atoms with Crippen LogP contribution in [0.25, 0.3) is 6.08 Å². The number of unbranched alkanes of at least 4 members (excludes halogenated alkanes) is 2. The maximum Gasteiger partial charge on any atom is 0.200 e. The number of ether oxygens (including phenoxy) is 1. The zero-order valence-electron chi connectivity index (χ0n) is 22.9. The van der Waals surface area contributed by atoms with Crippen molar-refractivity contribution in [1.29, 1.82) is 0 Å². The number of allylic oxidation sites excluding steroid dienone is 1. The molecule has 2 saturated carbocycles. The molecule has 0 saturated heterocycles. The molecule has 0 radical (unpaired) electrons. The third-order valence-electron chi connectivity index (χ3n) is 8.78. The number of halogens is 4. The normalized spacial score (nSPS) is 24.2. The zero-order valence-corrected chi connectivity index (χ0v) is 22.9. The standard InChI is InChI=1S/C33H42F4O/c1-3-5-6-7-22-8-13-24(14-9-22)27-19-18-26(30(34)31(27)35)17-12-23-10-15-25(16-11-23)28-20-21-29(38-4-2)33(37)32(28)36/h12,17-25H,3-11,13-16H2,1-2H3/b17-12+. The third kappa shape index (κ3) is 6.82. The van der Waals surface area contributed by atoms with Crippen LogP contribution >= 0.6 is 0 Å². The van der Waals surface area contributed by atoms with Crippen LogP contribution in [0.3, 0.4) is 0 Å². The van der Waals surface area contributed by atoms with Crippen LogP contribution < -0.4 is 4.74 Å². The van der Waals surface area contributed by atoms with Gasteiger partial charge in [0.1, 0.15) is 0 Å². The topological polar surface area (TPSA) is 9.23 Å². The molecule has 0 atom stereocenters. The molecule has 2 aromatic carbocycles. The van der Waals surface area contributed by atoms with E-state index >= 15 is 4.39 Å². The van der Waals surface area contributed by atoms with Crippen molar-refractivity contribution in [3.8, 4) is 5.75 Å². The Morgan fingerprint density at radius 2 is 1.32 bits per heavy atom. The van der Waals surface area contributed by atoms with Crippen LogP contribution in [0.1, 0.15) is 119 Å². The summed E-state index contributed by atoms with van der Waals surface area (Å²) >= 11 is 0. The van der Waals surface area contributed by atoms with E-state index in [2.05, 4.69) is 6.92 Å². The first-order valence-electron chi connectivity index (χ1n) is 14.7. The third-order valence-corrected chi connectivity index (χ3v) is 8.78. The maximum atomic E-state index is 15.1. The number of benzene rings is 2. The fourth-order valence-corrected chi connectivity index (χ4v) is 6.46. The van der Waals surface area contributed by atoms with Crippen molar-refractivity contribution in [3.05, 3.63) is 70.3 Å². The van der Waals surface area contributed by atoms with Gasteiger partial charge in [0.15, 0.2) is 23.2 Å². The second kappa shape index (κ2) is 13.7. The van der Waals surface area contributed by atoms with Crippen molar-refractivity contribution in [2.24, 2.45) is 11.8 Å². The number of hydrogen-bond acceptors (Lipinski definition) is 1. The Kier molecular flexibility index (Phi) is 10.3. The average molecular weight is 531 g/mol. The van der Waals surface area contributed by atoms with E-state index in [1.807, 2.05) is 6.08 Å². The molecule has 4 rings (SSSR count). The molecule has 208 valence electrons. The molecule has 2 aromatic rings. The van der Waals surface area contributed by atoms with E-state index in [4.69, 9.17) is 4.74 Å². The summed E-state index contributed by atoms with van der Waals surface area (Å²) in [6, 6.07) is 6.62. The fraction of sp³-hybridized carbons (Fsp3) is 0.576. The zero-order chi connectivity index (χ0) is 27.1. The Morgan fingerprint density at radius 1 is 0.711 bits per heavy atom. The predicted octanol–water partition coefficient (Wildman–Crippen LogP) is 10.5. The van der Waals surface area contributed by atoms with Gasteiger partial charge in [-0.2, -0.15) is 4.39 Å². The summed E-state index contributed by atoms with van der Waals surface area (Å²) in [4.78, 5) is 0. The highest BCUT2D eigenvalue weighted by Gasteiger charge is 2.27. The summed E-state index contributed by atoms with van der Waals surface area (Å²) < 4.78 is 64.1. The predicted molar refractivity (Wildman–Crippen MR) is 146 cm³/mol. The van der Waals surface area contributed by atoms with Gasteiger partial charge in [-0.05, 0) is 99.2 Å². The highest BCUT2D eigenvalue weighted by Crippen LogP contribution is 2.41. The Morgan fingerprint density at radius 3 is 1.95 bits per heavy atom. The summed E-state index contributed by atoms with van der Waals surface area (Å²) in [7, 11) is 0. The lowest BCUT2D eigenvalue weighted by atomic mass is 9.76. The van der Waals surface area contributed by atoms with Gasteiger partial charge < -0.3 is 4.74 Å². The molecule has 5 heteroatoms. The van der Waals surface area contributed by atoms with Crippen molar-refractivity contribution in [2.75, 3.05) is 6.61 Å². The summed E-state index contributed by atoms with van der Waals surface area (Å²) in [5.41, 5.74) is 1.20. The van der Waals surface area contributed by atoms with Crippen molar-refractivity contribution < 1.29 is 22.3 Å². The monoisotopic (exact) mass is 530 g/mol. The van der Waals surface area contributed by atoms with Gasteiger partial charge in [-0.1, -0.05) is 63.0 Å². The minimum Gasteiger partial charge on any atom is -0.491 e. The van der Waals surface area contributed by atoms with E-state index in [0.717, 1.165) is 57.3 Å². The van der Waals surface area contributed by atoms with E-state index in [0.29, 0.717) is 11.1 Å². The van der Waals surface area contributed by atoms with Gasteiger partial charge in [-0.25, -0.2) is 13.2 Å². The van der Waals surface area contributed by atoms with Crippen LogP contribution in [0.15, 0.2) is 30.3 Å². The van der Waals surface area contributed by atoms with Crippen LogP contribution in [0.5, 0.6) is 5.75 Å². The number of rotatable bonds is 10. The van der Waals surface area contributed by atoms with Gasteiger partial charge in [-0.15, -0.1) is 0 Å². The average Bonchev–Trinajstić information content (AvgIpc) is 2.93. The van der Waals surface area contributed by atoms with Gasteiger partial charge in [0.05, 0.1) is 6.61 Å². The molecule has 2 fully saturated rings. The quantitative estimate of drug-likeness (QED) is 0.219. The van der Waals surface area contributed by atoms with Gasteiger partial charge in [0.2, 0.25) is 5.82 Å². The second-order valence-corrected chi connectivity index (χ2v) is 11.3. The van der Waals surface area contributed by atoms with Crippen molar-refractivity contribution in [3.63, 3.8) is 0 Å². The molecule has 2 aliphatic carbocycles. The van der Waals surface area contributed by atoms with E-state index in [9.17, 15) is 13.2 Å². The highest BCUT2D eigenvalue weighted by molar-refractivity contribution is 5.52. The van der Waals surface area contributed by atoms with Gasteiger partial charge in [-0.3, -0.25) is 0 Å². The van der Waals surface area contributed by atoms with Crippen molar-refractivity contribution in [2.45, 2.75) is 103 Å². The first-order valence-corrected chi connectivity index (χ1v) is 14.7. The van der Waals surface area contributed by atoms with Gasteiger partial charge >= 0.3 is 0 Å². The van der Waals surface area contributed by atoms with Crippen LogP contribution in [-0.2, 0) is 0 Å². The van der Waals surface area contributed by atoms with E-state index in [1.54, 1.807) is 31.2 Å². The molecule has 0 aromatic heterocycles. The van der Waals surface area contributed by atoms with Crippen LogP contribution in [0, 0.1) is 35.1 Å². The Bertz CT molecular complexity index is 1080. The lowest BCUT2D eigenvalue weighted by Crippen LogP contribution is -2.15. The molecule has 0 spiro atoms. The minimum absolute atomic E-state index is 0.0549. The van der Waals surface area contributed by atoms with Gasteiger partial charge in [0, 0.05) is 5.56 Å². The van der Waals surface area contributed by atoms with Crippen molar-refractivity contribution >= 4 is 6.08 Å². The van der Waals surface area contributed by atoms with E-state index in [-0.39, 0.29) is 35.7 Å². The largest absolute Gasteiger partial charge is 0.491 e. The van der Waals surface area contributed by atoms with Crippen molar-refractivity contribution in [1.82, 2.24) is 0 Å². The fourth-order valence-electron chi connectivity index (χ4n) is 6.46. The van der Waals surface area contributed by atoms with Crippen LogP contribution in [0.2, 0.25) is 0 Å². The van der Waals surface area contributed by atoms with E-state index in [1.165, 1.54) is 31.7 Å². The molecule has 38 heavy (non-hydrogen) atoms.